The molecule has 0 unspecified atom stereocenters. The minimum atomic E-state index is -0.303. The first kappa shape index (κ1) is 16.0. The van der Waals surface area contributed by atoms with E-state index in [0.717, 1.165) is 11.3 Å². The summed E-state index contributed by atoms with van der Waals surface area (Å²) in [4.78, 5) is 21.0. The Kier molecular flexibility index (Phi) is 4.12. The number of pyridine rings is 1. The lowest BCUT2D eigenvalue weighted by Gasteiger charge is -2.03. The number of hydrogen-bond donors (Lipinski definition) is 1. The van der Waals surface area contributed by atoms with Crippen molar-refractivity contribution in [1.82, 2.24) is 19.6 Å². The van der Waals surface area contributed by atoms with Gasteiger partial charge in [-0.15, -0.1) is 16.4 Å². The molecule has 0 aliphatic rings. The van der Waals surface area contributed by atoms with Crippen molar-refractivity contribution in [3.05, 3.63) is 63.7 Å². The zero-order valence-electron chi connectivity index (χ0n) is 12.5. The second-order valence-corrected chi connectivity index (χ2v) is 6.75. The maximum atomic E-state index is 12.2. The maximum absolute atomic E-state index is 12.2. The van der Waals surface area contributed by atoms with Gasteiger partial charge in [0.15, 0.2) is 0 Å². The Hall–Kier alpha value is -2.48. The molecule has 0 aliphatic heterocycles. The van der Waals surface area contributed by atoms with Crippen LogP contribution in [0.15, 0.2) is 48.1 Å². The number of nitrogens with zero attached hydrogens (tertiary/aromatic N) is 4. The van der Waals surface area contributed by atoms with E-state index in [1.807, 2.05) is 5.38 Å². The van der Waals surface area contributed by atoms with Gasteiger partial charge in [-0.3, -0.25) is 15.1 Å². The molecular weight excluding hydrogens is 381 g/mol. The summed E-state index contributed by atoms with van der Waals surface area (Å²) in [5, 5.41) is 10.1. The summed E-state index contributed by atoms with van der Waals surface area (Å²) < 4.78 is 1.63. The van der Waals surface area contributed by atoms with Crippen molar-refractivity contribution in [1.29, 1.82) is 0 Å². The molecule has 0 aliphatic carbocycles. The van der Waals surface area contributed by atoms with Crippen molar-refractivity contribution >= 4 is 51.4 Å². The fourth-order valence-corrected chi connectivity index (χ4v) is 3.50. The van der Waals surface area contributed by atoms with E-state index >= 15 is 0 Å². The van der Waals surface area contributed by atoms with Crippen LogP contribution in [0.2, 0.25) is 10.0 Å². The Morgan fingerprint density at radius 3 is 2.76 bits per heavy atom. The quantitative estimate of drug-likeness (QED) is 0.563. The molecule has 6 nitrogen and oxygen atoms in total. The van der Waals surface area contributed by atoms with Crippen LogP contribution in [0.5, 0.6) is 0 Å². The smallest absolute Gasteiger partial charge is 0.258 e. The zero-order chi connectivity index (χ0) is 17.4. The van der Waals surface area contributed by atoms with Gasteiger partial charge < -0.3 is 0 Å². The SMILES string of the molecule is O=C(Nc1nc2scc(-c3cc(Cl)ccc3Cl)n2n1)c1ccncc1. The molecule has 4 rings (SSSR count). The van der Waals surface area contributed by atoms with Gasteiger partial charge in [-0.25, -0.2) is 4.52 Å². The second kappa shape index (κ2) is 6.44. The zero-order valence-corrected chi connectivity index (χ0v) is 14.8. The molecular formula is C16H9Cl2N5OS. The Morgan fingerprint density at radius 2 is 1.96 bits per heavy atom. The van der Waals surface area contributed by atoms with Gasteiger partial charge in [-0.05, 0) is 30.3 Å². The van der Waals surface area contributed by atoms with E-state index in [1.165, 1.54) is 11.3 Å². The van der Waals surface area contributed by atoms with Crippen molar-refractivity contribution in [3.63, 3.8) is 0 Å². The number of halogens is 2. The average molecular weight is 390 g/mol. The first-order valence-electron chi connectivity index (χ1n) is 7.13. The predicted molar refractivity (Wildman–Crippen MR) is 98.5 cm³/mol. The van der Waals surface area contributed by atoms with Crippen molar-refractivity contribution in [2.75, 3.05) is 5.32 Å². The molecule has 0 bridgehead atoms. The van der Waals surface area contributed by atoms with Crippen LogP contribution in [0.1, 0.15) is 10.4 Å². The number of rotatable bonds is 3. The maximum Gasteiger partial charge on any atom is 0.258 e. The molecule has 1 aromatic carbocycles. The highest BCUT2D eigenvalue weighted by Gasteiger charge is 2.16. The third-order valence-electron chi connectivity index (χ3n) is 3.45. The van der Waals surface area contributed by atoms with Crippen LogP contribution in [0.4, 0.5) is 5.95 Å². The minimum absolute atomic E-state index is 0.216. The van der Waals surface area contributed by atoms with Gasteiger partial charge in [0, 0.05) is 33.9 Å². The lowest BCUT2D eigenvalue weighted by atomic mass is 10.2. The Bertz CT molecular complexity index is 1080. The number of hydrogen-bond acceptors (Lipinski definition) is 5. The highest BCUT2D eigenvalue weighted by molar-refractivity contribution is 7.15. The molecule has 0 saturated carbocycles. The van der Waals surface area contributed by atoms with Crippen LogP contribution in [0, 0.1) is 0 Å². The van der Waals surface area contributed by atoms with Crippen LogP contribution in [0.25, 0.3) is 16.2 Å². The summed E-state index contributed by atoms with van der Waals surface area (Å²) in [6.45, 7) is 0. The van der Waals surface area contributed by atoms with Crippen LogP contribution < -0.4 is 5.32 Å². The first-order valence-corrected chi connectivity index (χ1v) is 8.76. The molecule has 124 valence electrons. The van der Waals surface area contributed by atoms with Gasteiger partial charge in [0.05, 0.1) is 10.7 Å². The largest absolute Gasteiger partial charge is 0.289 e. The number of aromatic nitrogens is 4. The highest BCUT2D eigenvalue weighted by Crippen LogP contribution is 2.33. The standard InChI is InChI=1S/C16H9Cl2N5OS/c17-10-1-2-12(18)11(7-10)13-8-25-16-21-15(22-23(13)16)20-14(24)9-3-5-19-6-4-9/h1-8H,(H,20,22,24). The van der Waals surface area contributed by atoms with Crippen molar-refractivity contribution in [3.8, 4) is 11.3 Å². The fourth-order valence-electron chi connectivity index (χ4n) is 2.29. The van der Waals surface area contributed by atoms with Crippen molar-refractivity contribution in [2.45, 2.75) is 0 Å². The molecule has 4 aromatic rings. The molecule has 0 atom stereocenters. The average Bonchev–Trinajstić information content (AvgIpc) is 3.18. The summed E-state index contributed by atoms with van der Waals surface area (Å²) in [5.41, 5.74) is 1.98. The molecule has 3 aromatic heterocycles. The number of amides is 1. The van der Waals surface area contributed by atoms with Gasteiger partial charge in [-0.1, -0.05) is 23.2 Å². The topological polar surface area (TPSA) is 72.2 Å². The van der Waals surface area contributed by atoms with E-state index in [1.54, 1.807) is 47.2 Å². The number of carbonyl (C=O) groups is 1. The van der Waals surface area contributed by atoms with Gasteiger partial charge in [0.25, 0.3) is 11.9 Å². The summed E-state index contributed by atoms with van der Waals surface area (Å²) in [7, 11) is 0. The number of fused-ring (bicyclic) bond motifs is 1. The molecule has 0 radical (unpaired) electrons. The Labute approximate surface area is 156 Å². The van der Waals surface area contributed by atoms with Crippen LogP contribution in [0.3, 0.4) is 0 Å². The lowest BCUT2D eigenvalue weighted by molar-refractivity contribution is 0.102. The molecule has 3 heterocycles. The number of carbonyl (C=O) groups excluding carboxylic acids is 1. The monoisotopic (exact) mass is 389 g/mol. The molecule has 1 amide bonds. The molecule has 0 spiro atoms. The van der Waals surface area contributed by atoms with Gasteiger partial charge >= 0.3 is 0 Å². The Balaban J connectivity index is 1.69. The van der Waals surface area contributed by atoms with E-state index < -0.39 is 0 Å². The van der Waals surface area contributed by atoms with Gasteiger partial charge in [-0.2, -0.15) is 4.98 Å². The summed E-state index contributed by atoms with van der Waals surface area (Å²) in [5.74, 6) is -0.0870. The summed E-state index contributed by atoms with van der Waals surface area (Å²) in [6, 6.07) is 8.45. The summed E-state index contributed by atoms with van der Waals surface area (Å²) in [6.07, 6.45) is 3.10. The minimum Gasteiger partial charge on any atom is -0.289 e. The van der Waals surface area contributed by atoms with Crippen LogP contribution in [-0.4, -0.2) is 25.5 Å². The lowest BCUT2D eigenvalue weighted by Crippen LogP contribution is -2.13. The molecule has 0 saturated heterocycles. The van der Waals surface area contributed by atoms with Crippen molar-refractivity contribution < 1.29 is 4.79 Å². The fraction of sp³-hybridized carbons (Fsp3) is 0. The molecule has 0 fully saturated rings. The van der Waals surface area contributed by atoms with Crippen molar-refractivity contribution in [2.24, 2.45) is 0 Å². The Morgan fingerprint density at radius 1 is 1.16 bits per heavy atom. The van der Waals surface area contributed by atoms with Crippen LogP contribution in [-0.2, 0) is 0 Å². The number of benzene rings is 1. The third kappa shape index (κ3) is 3.09. The number of nitrogens with one attached hydrogen (secondary N) is 1. The number of thiazole rings is 1. The molecule has 9 heteroatoms. The van der Waals surface area contributed by atoms with E-state index in [4.69, 9.17) is 23.2 Å². The highest BCUT2D eigenvalue weighted by atomic mass is 35.5. The third-order valence-corrected chi connectivity index (χ3v) is 4.83. The summed E-state index contributed by atoms with van der Waals surface area (Å²) >= 11 is 13.7. The van der Waals surface area contributed by atoms with E-state index in [0.29, 0.717) is 20.6 Å². The second-order valence-electron chi connectivity index (χ2n) is 5.06. The first-order chi connectivity index (χ1) is 12.1. The normalized spacial score (nSPS) is 11.0. The number of anilines is 1. The van der Waals surface area contributed by atoms with Gasteiger partial charge in [0.1, 0.15) is 0 Å². The van der Waals surface area contributed by atoms with E-state index in [-0.39, 0.29) is 11.9 Å². The van der Waals surface area contributed by atoms with Gasteiger partial charge in [0.2, 0.25) is 4.96 Å². The van der Waals surface area contributed by atoms with Crippen LogP contribution >= 0.6 is 34.5 Å². The molecule has 25 heavy (non-hydrogen) atoms. The predicted octanol–water partition coefficient (Wildman–Crippen LogP) is 4.41. The molecule has 1 N–H and O–H groups in total. The van der Waals surface area contributed by atoms with E-state index in [9.17, 15) is 4.79 Å². The van der Waals surface area contributed by atoms with E-state index in [2.05, 4.69) is 20.4 Å².